The lowest BCUT2D eigenvalue weighted by atomic mass is 9.50. The minimum absolute atomic E-state index is 0.0301. The molecular formula is C32H29ClN4O4. The maximum Gasteiger partial charge on any atom is 0.306 e. The lowest BCUT2D eigenvalue weighted by molar-refractivity contribution is -0.155. The lowest BCUT2D eigenvalue weighted by Gasteiger charge is -2.56. The van der Waals surface area contributed by atoms with Crippen LogP contribution in [0.5, 0.6) is 5.75 Å². The van der Waals surface area contributed by atoms with Crippen LogP contribution in [0.25, 0.3) is 22.0 Å². The van der Waals surface area contributed by atoms with Crippen LogP contribution in [-0.2, 0) is 4.79 Å². The molecule has 9 heteroatoms. The van der Waals surface area contributed by atoms with Crippen LogP contribution in [0.4, 0.5) is 0 Å². The summed E-state index contributed by atoms with van der Waals surface area (Å²) in [6.45, 7) is 2.02. The van der Waals surface area contributed by atoms with Crippen molar-refractivity contribution in [1.82, 2.24) is 15.1 Å². The molecule has 4 aromatic rings. The van der Waals surface area contributed by atoms with Crippen LogP contribution in [0.15, 0.2) is 60.8 Å². The molecule has 0 bridgehead atoms. The van der Waals surface area contributed by atoms with Crippen molar-refractivity contribution in [3.63, 3.8) is 0 Å². The molecule has 2 fully saturated rings. The molecule has 2 saturated carbocycles. The number of aromatic nitrogens is 2. The molecule has 3 aromatic carbocycles. The van der Waals surface area contributed by atoms with E-state index in [0.717, 1.165) is 29.5 Å². The summed E-state index contributed by atoms with van der Waals surface area (Å²) in [6, 6.07) is 18.9. The van der Waals surface area contributed by atoms with Crippen molar-refractivity contribution in [2.45, 2.75) is 44.7 Å². The molecule has 8 nitrogen and oxygen atoms in total. The Morgan fingerprint density at radius 1 is 1.12 bits per heavy atom. The zero-order chi connectivity index (χ0) is 28.9. The number of aliphatic carboxylic acids is 1. The summed E-state index contributed by atoms with van der Waals surface area (Å²) in [4.78, 5) is 24.7. The number of nitrogens with zero attached hydrogens (tertiary/aromatic N) is 3. The fourth-order valence-electron chi connectivity index (χ4n) is 6.50. The van der Waals surface area contributed by atoms with E-state index in [0.29, 0.717) is 45.6 Å². The highest BCUT2D eigenvalue weighted by Crippen LogP contribution is 2.58. The molecule has 2 aliphatic carbocycles. The maximum atomic E-state index is 13.5. The number of carboxylic acid groups (broad SMARTS) is 1. The topological polar surface area (TPSA) is 117 Å². The third kappa shape index (κ3) is 4.81. The molecule has 0 radical (unpaired) electrons. The Balaban J connectivity index is 1.23. The number of carbonyl (C=O) groups is 2. The first kappa shape index (κ1) is 26.9. The van der Waals surface area contributed by atoms with Gasteiger partial charge in [0.15, 0.2) is 0 Å². The SMILES string of the molecule is COc1cc(C#N)cc(-c2ccc([C@@H](C)n3ncc4c(Cl)ccc(C(=O)NC5CC6(C5)CC(C(=O)O)C6)c43)cc2)c1. The highest BCUT2D eigenvalue weighted by atomic mass is 35.5. The van der Waals surface area contributed by atoms with Crippen molar-refractivity contribution in [3.05, 3.63) is 82.5 Å². The van der Waals surface area contributed by atoms with Gasteiger partial charge in [0.25, 0.3) is 5.91 Å². The normalized spacial score (nSPS) is 21.9. The van der Waals surface area contributed by atoms with E-state index in [-0.39, 0.29) is 29.3 Å². The monoisotopic (exact) mass is 568 g/mol. The van der Waals surface area contributed by atoms with Gasteiger partial charge in [-0.3, -0.25) is 14.3 Å². The number of methoxy groups -OCH3 is 1. The molecule has 1 atom stereocenters. The number of carbonyl (C=O) groups excluding carboxylic acids is 1. The second-order valence-corrected chi connectivity index (χ2v) is 11.7. The third-order valence-electron chi connectivity index (χ3n) is 8.72. The number of nitrogens with one attached hydrogen (secondary N) is 1. The molecule has 0 unspecified atom stereocenters. The van der Waals surface area contributed by atoms with Gasteiger partial charge in [0.1, 0.15) is 5.75 Å². The fourth-order valence-corrected chi connectivity index (χ4v) is 6.70. The molecule has 6 rings (SSSR count). The standard InChI is InChI=1S/C32H29ClN4O4/c1-18(20-3-5-21(6-4-20)22-9-19(16-34)10-25(11-22)41-2)37-29-26(7-8-28(33)27(29)17-35-37)30(38)36-24-14-32(15-24)12-23(13-32)31(39)40/h3-11,17-18,23-24H,12-15H2,1-2H3,(H,36,38)(H,39,40)/t18-,23?,24?,32?/m1/s1. The van der Waals surface area contributed by atoms with Gasteiger partial charge in [0.2, 0.25) is 0 Å². The van der Waals surface area contributed by atoms with Gasteiger partial charge in [-0.25, -0.2) is 0 Å². The molecule has 2 aliphatic rings. The van der Waals surface area contributed by atoms with Crippen LogP contribution in [0.1, 0.15) is 60.1 Å². The Bertz CT molecular complexity index is 1710. The van der Waals surface area contributed by atoms with Crippen molar-refractivity contribution >= 4 is 34.4 Å². The number of ether oxygens (including phenoxy) is 1. The Labute approximate surface area is 242 Å². The summed E-state index contributed by atoms with van der Waals surface area (Å²) >= 11 is 6.52. The van der Waals surface area contributed by atoms with Gasteiger partial charge in [-0.1, -0.05) is 35.9 Å². The first-order chi connectivity index (χ1) is 19.7. The third-order valence-corrected chi connectivity index (χ3v) is 9.05. The molecule has 1 amide bonds. The highest BCUT2D eigenvalue weighted by molar-refractivity contribution is 6.36. The molecule has 1 spiro atoms. The van der Waals surface area contributed by atoms with E-state index >= 15 is 0 Å². The first-order valence-electron chi connectivity index (χ1n) is 13.6. The summed E-state index contributed by atoms with van der Waals surface area (Å²) in [6.07, 6.45) is 4.70. The highest BCUT2D eigenvalue weighted by Gasteiger charge is 2.55. The number of carboxylic acids is 1. The van der Waals surface area contributed by atoms with E-state index in [1.807, 2.05) is 48.0 Å². The lowest BCUT2D eigenvalue weighted by Crippen LogP contribution is -2.57. The summed E-state index contributed by atoms with van der Waals surface area (Å²) in [5.74, 6) is -0.539. The van der Waals surface area contributed by atoms with E-state index in [1.54, 1.807) is 31.5 Å². The summed E-state index contributed by atoms with van der Waals surface area (Å²) in [7, 11) is 1.58. The number of halogens is 1. The van der Waals surface area contributed by atoms with Crippen molar-refractivity contribution < 1.29 is 19.4 Å². The van der Waals surface area contributed by atoms with E-state index in [9.17, 15) is 20.0 Å². The number of nitriles is 1. The van der Waals surface area contributed by atoms with Crippen LogP contribution in [0.3, 0.4) is 0 Å². The van der Waals surface area contributed by atoms with Gasteiger partial charge in [-0.15, -0.1) is 0 Å². The zero-order valence-corrected chi connectivity index (χ0v) is 23.5. The van der Waals surface area contributed by atoms with Gasteiger partial charge in [-0.2, -0.15) is 10.4 Å². The van der Waals surface area contributed by atoms with Gasteiger partial charge in [-0.05, 0) is 85.0 Å². The summed E-state index contributed by atoms with van der Waals surface area (Å²) in [5.41, 5.74) is 4.59. The van der Waals surface area contributed by atoms with Crippen LogP contribution >= 0.6 is 11.6 Å². The Morgan fingerprint density at radius 3 is 2.51 bits per heavy atom. The van der Waals surface area contributed by atoms with Crippen LogP contribution in [-0.4, -0.2) is 39.9 Å². The van der Waals surface area contributed by atoms with Gasteiger partial charge < -0.3 is 15.2 Å². The predicted octanol–water partition coefficient (Wildman–Crippen LogP) is 6.22. The minimum Gasteiger partial charge on any atom is -0.497 e. The number of hydrogen-bond acceptors (Lipinski definition) is 5. The quantitative estimate of drug-likeness (QED) is 0.273. The summed E-state index contributed by atoms with van der Waals surface area (Å²) < 4.78 is 7.18. The molecule has 0 saturated heterocycles. The Morgan fingerprint density at radius 2 is 1.85 bits per heavy atom. The molecule has 1 aromatic heterocycles. The fraction of sp³-hybridized carbons (Fsp3) is 0.312. The first-order valence-corrected chi connectivity index (χ1v) is 14.0. The average molecular weight is 569 g/mol. The van der Waals surface area contributed by atoms with Crippen molar-refractivity contribution in [2.24, 2.45) is 11.3 Å². The van der Waals surface area contributed by atoms with Crippen LogP contribution < -0.4 is 10.1 Å². The zero-order valence-electron chi connectivity index (χ0n) is 22.7. The molecular weight excluding hydrogens is 540 g/mol. The summed E-state index contributed by atoms with van der Waals surface area (Å²) in [5, 5.41) is 27.6. The minimum atomic E-state index is -0.725. The van der Waals surface area contributed by atoms with Gasteiger partial charge in [0.05, 0.1) is 53.0 Å². The van der Waals surface area contributed by atoms with Gasteiger partial charge in [0, 0.05) is 11.4 Å². The maximum absolute atomic E-state index is 13.5. The second-order valence-electron chi connectivity index (χ2n) is 11.3. The number of fused-ring (bicyclic) bond motifs is 1. The number of rotatable bonds is 7. The molecule has 0 aliphatic heterocycles. The Kier molecular flexibility index (Phi) is 6.71. The van der Waals surface area contributed by atoms with E-state index in [1.165, 1.54) is 0 Å². The van der Waals surface area contributed by atoms with Crippen LogP contribution in [0, 0.1) is 22.7 Å². The Hall–Kier alpha value is -4.35. The predicted molar refractivity (Wildman–Crippen MR) is 155 cm³/mol. The molecule has 1 heterocycles. The van der Waals surface area contributed by atoms with Crippen molar-refractivity contribution in [2.75, 3.05) is 7.11 Å². The van der Waals surface area contributed by atoms with E-state index < -0.39 is 5.97 Å². The number of benzene rings is 3. The van der Waals surface area contributed by atoms with Crippen molar-refractivity contribution in [3.8, 4) is 22.9 Å². The number of amides is 1. The molecule has 41 heavy (non-hydrogen) atoms. The average Bonchev–Trinajstić information content (AvgIpc) is 3.39. The second kappa shape index (κ2) is 10.2. The molecule has 208 valence electrons. The van der Waals surface area contributed by atoms with E-state index in [2.05, 4.69) is 16.5 Å². The molecule has 2 N–H and O–H groups in total. The smallest absolute Gasteiger partial charge is 0.306 e. The largest absolute Gasteiger partial charge is 0.497 e. The van der Waals surface area contributed by atoms with Gasteiger partial charge >= 0.3 is 5.97 Å². The van der Waals surface area contributed by atoms with E-state index in [4.69, 9.17) is 16.3 Å². The number of hydrogen-bond donors (Lipinski definition) is 2. The van der Waals surface area contributed by atoms with Crippen molar-refractivity contribution in [1.29, 1.82) is 5.26 Å². The van der Waals surface area contributed by atoms with Crippen LogP contribution in [0.2, 0.25) is 5.02 Å².